The van der Waals surface area contributed by atoms with Gasteiger partial charge in [-0.3, -0.25) is 4.99 Å². The molecule has 1 aromatic heterocycles. The average Bonchev–Trinajstić information content (AvgIpc) is 3.00. The van der Waals surface area contributed by atoms with Gasteiger partial charge in [-0.05, 0) is 12.8 Å². The lowest BCUT2D eigenvalue weighted by Crippen LogP contribution is -2.39. The zero-order valence-electron chi connectivity index (χ0n) is 14.3. The van der Waals surface area contributed by atoms with Gasteiger partial charge < -0.3 is 20.1 Å². The fourth-order valence-corrected chi connectivity index (χ4v) is 2.62. The van der Waals surface area contributed by atoms with E-state index in [9.17, 15) is 0 Å². The van der Waals surface area contributed by atoms with Crippen molar-refractivity contribution in [3.05, 3.63) is 16.1 Å². The Morgan fingerprint density at radius 2 is 2.04 bits per heavy atom. The number of halogens is 1. The number of hydrogen-bond acceptors (Lipinski definition) is 5. The van der Waals surface area contributed by atoms with Gasteiger partial charge in [-0.2, -0.15) is 0 Å². The van der Waals surface area contributed by atoms with E-state index in [4.69, 9.17) is 9.47 Å². The largest absolute Gasteiger partial charge is 0.382 e. The molecule has 23 heavy (non-hydrogen) atoms. The monoisotopic (exact) mass is 456 g/mol. The first-order chi connectivity index (χ1) is 10.8. The lowest BCUT2D eigenvalue weighted by molar-refractivity contribution is 0.0698. The minimum atomic E-state index is 0. The van der Waals surface area contributed by atoms with Gasteiger partial charge in [0.1, 0.15) is 0 Å². The van der Waals surface area contributed by atoms with Gasteiger partial charge in [0.05, 0.1) is 18.2 Å². The molecule has 0 aliphatic carbocycles. The van der Waals surface area contributed by atoms with Crippen LogP contribution in [0.3, 0.4) is 0 Å². The summed E-state index contributed by atoms with van der Waals surface area (Å²) < 4.78 is 10.3. The molecular weight excluding hydrogens is 427 g/mol. The van der Waals surface area contributed by atoms with Gasteiger partial charge in [-0.25, -0.2) is 4.98 Å². The van der Waals surface area contributed by atoms with Crippen molar-refractivity contribution in [3.63, 3.8) is 0 Å². The number of guanidine groups is 1. The van der Waals surface area contributed by atoms with Gasteiger partial charge in [-0.15, -0.1) is 35.3 Å². The Bertz CT molecular complexity index is 429. The first-order valence-electron chi connectivity index (χ1n) is 7.75. The standard InChI is InChI=1S/C15H28N4O2S.HI/c1-4-13-12-19-14(22-13)6-8-18-15(16-2)17-7-5-9-21-11-10-20-3;/h12H,4-11H2,1-3H3,(H2,16,17,18);1H. The summed E-state index contributed by atoms with van der Waals surface area (Å²) in [6.45, 7) is 5.85. The summed E-state index contributed by atoms with van der Waals surface area (Å²) in [5.41, 5.74) is 0. The fourth-order valence-electron chi connectivity index (χ4n) is 1.76. The van der Waals surface area contributed by atoms with E-state index >= 15 is 0 Å². The normalized spacial score (nSPS) is 11.2. The van der Waals surface area contributed by atoms with Crippen LogP contribution in [-0.2, 0) is 22.3 Å². The molecule has 0 aromatic carbocycles. The van der Waals surface area contributed by atoms with Crippen molar-refractivity contribution in [1.29, 1.82) is 0 Å². The van der Waals surface area contributed by atoms with Gasteiger partial charge in [-0.1, -0.05) is 6.92 Å². The first kappa shape index (κ1) is 22.6. The molecule has 0 aliphatic rings. The topological polar surface area (TPSA) is 67.8 Å². The van der Waals surface area contributed by atoms with Gasteiger partial charge in [0.2, 0.25) is 0 Å². The van der Waals surface area contributed by atoms with E-state index in [-0.39, 0.29) is 24.0 Å². The number of nitrogens with zero attached hydrogens (tertiary/aromatic N) is 2. The maximum atomic E-state index is 5.41. The van der Waals surface area contributed by atoms with E-state index in [1.54, 1.807) is 25.5 Å². The number of thiazole rings is 1. The van der Waals surface area contributed by atoms with Crippen molar-refractivity contribution in [3.8, 4) is 0 Å². The van der Waals surface area contributed by atoms with Crippen LogP contribution >= 0.6 is 35.3 Å². The van der Waals surface area contributed by atoms with Crippen molar-refractivity contribution in [2.24, 2.45) is 4.99 Å². The SMILES string of the molecule is CCc1cnc(CCNC(=NC)NCCCOCCOC)s1.I. The molecule has 8 heteroatoms. The lowest BCUT2D eigenvalue weighted by Gasteiger charge is -2.11. The molecule has 0 aliphatic heterocycles. The van der Waals surface area contributed by atoms with Crippen molar-refractivity contribution in [1.82, 2.24) is 15.6 Å². The second-order valence-electron chi connectivity index (χ2n) is 4.71. The summed E-state index contributed by atoms with van der Waals surface area (Å²) in [6, 6.07) is 0. The minimum absolute atomic E-state index is 0. The van der Waals surface area contributed by atoms with Crippen molar-refractivity contribution >= 4 is 41.3 Å². The molecule has 0 bridgehead atoms. The van der Waals surface area contributed by atoms with Crippen LogP contribution in [0.25, 0.3) is 0 Å². The molecule has 1 rings (SSSR count). The smallest absolute Gasteiger partial charge is 0.190 e. The third kappa shape index (κ3) is 10.9. The van der Waals surface area contributed by atoms with Crippen LogP contribution < -0.4 is 10.6 Å². The minimum Gasteiger partial charge on any atom is -0.382 e. The van der Waals surface area contributed by atoms with Gasteiger partial charge in [0.15, 0.2) is 5.96 Å². The second kappa shape index (κ2) is 15.1. The van der Waals surface area contributed by atoms with Gasteiger partial charge in [0.25, 0.3) is 0 Å². The lowest BCUT2D eigenvalue weighted by atomic mass is 10.4. The van der Waals surface area contributed by atoms with E-state index in [0.717, 1.165) is 44.9 Å². The molecule has 0 amide bonds. The number of aromatic nitrogens is 1. The molecule has 6 nitrogen and oxygen atoms in total. The van der Waals surface area contributed by atoms with E-state index in [0.29, 0.717) is 13.2 Å². The van der Waals surface area contributed by atoms with E-state index in [2.05, 4.69) is 27.5 Å². The third-order valence-electron chi connectivity index (χ3n) is 2.99. The van der Waals surface area contributed by atoms with Crippen LogP contribution in [0.5, 0.6) is 0 Å². The van der Waals surface area contributed by atoms with Gasteiger partial charge in [0, 0.05) is 51.3 Å². The van der Waals surface area contributed by atoms with Crippen LogP contribution in [0.15, 0.2) is 11.2 Å². The molecule has 0 fully saturated rings. The molecule has 134 valence electrons. The number of methoxy groups -OCH3 is 1. The number of nitrogens with one attached hydrogen (secondary N) is 2. The Morgan fingerprint density at radius 1 is 1.26 bits per heavy atom. The van der Waals surface area contributed by atoms with Gasteiger partial charge >= 0.3 is 0 Å². The molecule has 0 atom stereocenters. The summed E-state index contributed by atoms with van der Waals surface area (Å²) in [4.78, 5) is 9.96. The van der Waals surface area contributed by atoms with Crippen LogP contribution in [0.4, 0.5) is 0 Å². The Balaban J connectivity index is 0.00000484. The Morgan fingerprint density at radius 3 is 2.70 bits per heavy atom. The molecule has 0 saturated carbocycles. The molecule has 2 N–H and O–H groups in total. The molecule has 0 unspecified atom stereocenters. The maximum absolute atomic E-state index is 5.41. The van der Waals surface area contributed by atoms with Crippen molar-refractivity contribution < 1.29 is 9.47 Å². The highest BCUT2D eigenvalue weighted by Crippen LogP contribution is 2.13. The van der Waals surface area contributed by atoms with Crippen LogP contribution in [0.2, 0.25) is 0 Å². The van der Waals surface area contributed by atoms with Crippen molar-refractivity contribution in [2.75, 3.05) is 47.1 Å². The third-order valence-corrected chi connectivity index (χ3v) is 4.20. The predicted octanol–water partition coefficient (Wildman–Crippen LogP) is 2.08. The summed E-state index contributed by atoms with van der Waals surface area (Å²) in [5, 5.41) is 7.75. The number of hydrogen-bond donors (Lipinski definition) is 2. The second-order valence-corrected chi connectivity index (χ2v) is 5.91. The van der Waals surface area contributed by atoms with E-state index in [1.807, 2.05) is 6.20 Å². The Hall–Kier alpha value is -0.450. The number of rotatable bonds is 11. The highest BCUT2D eigenvalue weighted by atomic mass is 127. The zero-order chi connectivity index (χ0) is 16.0. The summed E-state index contributed by atoms with van der Waals surface area (Å²) in [5.74, 6) is 0.823. The van der Waals surface area contributed by atoms with Crippen LogP contribution in [0, 0.1) is 0 Å². The molecule has 0 saturated heterocycles. The maximum Gasteiger partial charge on any atom is 0.190 e. The Labute approximate surface area is 160 Å². The first-order valence-corrected chi connectivity index (χ1v) is 8.56. The zero-order valence-corrected chi connectivity index (χ0v) is 17.4. The molecule has 0 radical (unpaired) electrons. The highest BCUT2D eigenvalue weighted by molar-refractivity contribution is 14.0. The molecule has 1 heterocycles. The van der Waals surface area contributed by atoms with Crippen LogP contribution in [-0.4, -0.2) is 58.0 Å². The number of ether oxygens (including phenoxy) is 2. The summed E-state index contributed by atoms with van der Waals surface area (Å²) in [7, 11) is 3.46. The predicted molar refractivity (Wildman–Crippen MR) is 107 cm³/mol. The quantitative estimate of drug-likeness (QED) is 0.231. The summed E-state index contributed by atoms with van der Waals surface area (Å²) in [6.07, 6.45) is 4.89. The Kier molecular flexibility index (Phi) is 14.8. The molecule has 0 spiro atoms. The number of aliphatic imine (C=N–C) groups is 1. The van der Waals surface area contributed by atoms with E-state index in [1.165, 1.54) is 9.88 Å². The highest BCUT2D eigenvalue weighted by Gasteiger charge is 2.01. The molecule has 1 aromatic rings. The van der Waals surface area contributed by atoms with Crippen molar-refractivity contribution in [2.45, 2.75) is 26.2 Å². The number of aryl methyl sites for hydroxylation is 1. The van der Waals surface area contributed by atoms with E-state index < -0.39 is 0 Å². The fraction of sp³-hybridized carbons (Fsp3) is 0.733. The molecular formula is C15H29IN4O2S. The van der Waals surface area contributed by atoms with Crippen LogP contribution in [0.1, 0.15) is 23.2 Å². The summed E-state index contributed by atoms with van der Waals surface area (Å²) >= 11 is 1.78. The average molecular weight is 456 g/mol.